The van der Waals surface area contributed by atoms with E-state index in [1.807, 2.05) is 28.5 Å². The van der Waals surface area contributed by atoms with Crippen LogP contribution in [-0.2, 0) is 14.8 Å². The number of hydrogen-bond acceptors (Lipinski definition) is 6. The van der Waals surface area contributed by atoms with Crippen LogP contribution in [0.5, 0.6) is 0 Å². The molecule has 168 valence electrons. The summed E-state index contributed by atoms with van der Waals surface area (Å²) in [5.41, 5.74) is 0.337. The monoisotopic (exact) mass is 463 g/mol. The van der Waals surface area contributed by atoms with Crippen molar-refractivity contribution in [1.29, 1.82) is 0 Å². The lowest BCUT2D eigenvalue weighted by Crippen LogP contribution is -2.49. The van der Waals surface area contributed by atoms with E-state index < -0.39 is 10.0 Å². The molecular formula is C22H29N3O4S2. The van der Waals surface area contributed by atoms with Gasteiger partial charge in [0.05, 0.1) is 5.92 Å². The molecule has 2 aliphatic rings. The maximum Gasteiger partial charge on any atom is 0.248 e. The van der Waals surface area contributed by atoms with E-state index in [0.717, 1.165) is 37.2 Å². The van der Waals surface area contributed by atoms with Crippen molar-refractivity contribution in [2.75, 3.05) is 26.2 Å². The van der Waals surface area contributed by atoms with E-state index in [9.17, 15) is 13.2 Å². The fourth-order valence-electron chi connectivity index (χ4n) is 4.48. The van der Waals surface area contributed by atoms with Gasteiger partial charge in [-0.1, -0.05) is 18.1 Å². The van der Waals surface area contributed by atoms with Crippen LogP contribution in [0.25, 0.3) is 12.2 Å². The van der Waals surface area contributed by atoms with Crippen LogP contribution in [0.2, 0.25) is 0 Å². The predicted octanol–water partition coefficient (Wildman–Crippen LogP) is 3.87. The van der Waals surface area contributed by atoms with Gasteiger partial charge in [-0.2, -0.15) is 4.31 Å². The van der Waals surface area contributed by atoms with E-state index in [2.05, 4.69) is 12.1 Å². The number of carbonyl (C=O) groups is 1. The summed E-state index contributed by atoms with van der Waals surface area (Å²) in [5.74, 6) is 0.521. The summed E-state index contributed by atoms with van der Waals surface area (Å²) in [4.78, 5) is 16.1. The average Bonchev–Trinajstić information content (AvgIpc) is 3.41. The van der Waals surface area contributed by atoms with Gasteiger partial charge in [-0.15, -0.1) is 11.3 Å². The van der Waals surface area contributed by atoms with Crippen molar-refractivity contribution in [2.45, 2.75) is 44.4 Å². The number of sulfonamides is 1. The lowest BCUT2D eigenvalue weighted by molar-refractivity contribution is -0.138. The number of aryl methyl sites for hydroxylation is 1. The first-order chi connectivity index (χ1) is 14.9. The highest BCUT2D eigenvalue weighted by Crippen LogP contribution is 2.30. The molecule has 1 amide bonds. The minimum atomic E-state index is -3.82. The Morgan fingerprint density at radius 3 is 2.77 bits per heavy atom. The van der Waals surface area contributed by atoms with Gasteiger partial charge in [0.1, 0.15) is 5.69 Å². The molecule has 4 rings (SSSR count). The van der Waals surface area contributed by atoms with Crippen molar-refractivity contribution >= 4 is 39.4 Å². The van der Waals surface area contributed by atoms with Crippen molar-refractivity contribution in [3.63, 3.8) is 0 Å². The first kappa shape index (κ1) is 22.2. The summed E-state index contributed by atoms with van der Waals surface area (Å²) in [6.07, 6.45) is 7.03. The number of hydrogen-bond donors (Lipinski definition) is 0. The summed E-state index contributed by atoms with van der Waals surface area (Å²) in [5, 5.41) is 5.86. The van der Waals surface area contributed by atoms with E-state index in [4.69, 9.17) is 4.52 Å². The van der Waals surface area contributed by atoms with Crippen molar-refractivity contribution in [3.05, 3.63) is 33.8 Å². The molecule has 9 heteroatoms. The molecule has 2 saturated heterocycles. The van der Waals surface area contributed by atoms with Crippen LogP contribution in [0.4, 0.5) is 0 Å². The Hall–Kier alpha value is -1.97. The van der Waals surface area contributed by atoms with Crippen molar-refractivity contribution < 1.29 is 17.7 Å². The Bertz CT molecular complexity index is 1040. The van der Waals surface area contributed by atoms with Crippen LogP contribution in [0, 0.1) is 18.8 Å². The number of thiophene rings is 1. The van der Waals surface area contributed by atoms with Gasteiger partial charge >= 0.3 is 0 Å². The molecule has 0 spiro atoms. The Balaban J connectivity index is 1.53. The first-order valence-electron chi connectivity index (χ1n) is 10.8. The molecule has 0 aromatic carbocycles. The van der Waals surface area contributed by atoms with Crippen LogP contribution in [0.1, 0.15) is 48.9 Å². The normalized spacial score (nSPS) is 23.5. The molecule has 31 heavy (non-hydrogen) atoms. The van der Waals surface area contributed by atoms with Gasteiger partial charge in [-0.05, 0) is 62.1 Å². The third-order valence-electron chi connectivity index (χ3n) is 6.08. The second-order valence-electron chi connectivity index (χ2n) is 8.54. The molecule has 0 bridgehead atoms. The molecule has 2 aliphatic heterocycles. The highest BCUT2D eigenvalue weighted by molar-refractivity contribution is 7.89. The second-order valence-corrected chi connectivity index (χ2v) is 11.4. The third-order valence-corrected chi connectivity index (χ3v) is 8.94. The maximum absolute atomic E-state index is 13.5. The third kappa shape index (κ3) is 4.78. The Morgan fingerprint density at radius 1 is 1.23 bits per heavy atom. The quantitative estimate of drug-likeness (QED) is 0.672. The number of rotatable bonds is 5. The van der Waals surface area contributed by atoms with E-state index >= 15 is 0 Å². The Kier molecular flexibility index (Phi) is 6.64. The van der Waals surface area contributed by atoms with Gasteiger partial charge in [0.2, 0.25) is 15.9 Å². The maximum atomic E-state index is 13.5. The smallest absolute Gasteiger partial charge is 0.248 e. The largest absolute Gasteiger partial charge is 0.355 e. The second kappa shape index (κ2) is 9.26. The summed E-state index contributed by atoms with van der Waals surface area (Å²) < 4.78 is 33.8. The number of aromatic nitrogens is 1. The SMILES string of the molecule is Cc1noc(/C=C/c2cccs2)c1S(=O)(=O)N1CCC[C@H](C(=O)N2CCC[C@H](C)C2)C1. The molecule has 2 aromatic heterocycles. The van der Waals surface area contributed by atoms with Crippen molar-refractivity contribution in [3.8, 4) is 0 Å². The number of likely N-dealkylation sites (tertiary alicyclic amines) is 1. The molecule has 7 nitrogen and oxygen atoms in total. The van der Waals surface area contributed by atoms with Gasteiger partial charge in [0, 0.05) is 31.1 Å². The van der Waals surface area contributed by atoms with E-state index in [-0.39, 0.29) is 29.0 Å². The summed E-state index contributed by atoms with van der Waals surface area (Å²) in [6, 6.07) is 3.88. The molecule has 2 aromatic rings. The molecule has 4 heterocycles. The van der Waals surface area contributed by atoms with E-state index in [1.54, 1.807) is 24.3 Å². The van der Waals surface area contributed by atoms with Crippen LogP contribution < -0.4 is 0 Å². The zero-order valence-electron chi connectivity index (χ0n) is 18.0. The lowest BCUT2D eigenvalue weighted by atomic mass is 9.94. The highest BCUT2D eigenvalue weighted by atomic mass is 32.2. The molecule has 0 N–H and O–H groups in total. The molecule has 2 fully saturated rings. The molecule has 0 saturated carbocycles. The van der Waals surface area contributed by atoms with Gasteiger partial charge in [-0.25, -0.2) is 8.42 Å². The molecule has 0 aliphatic carbocycles. The summed E-state index contributed by atoms with van der Waals surface area (Å²) in [6.45, 7) is 5.96. The van der Waals surface area contributed by atoms with Gasteiger partial charge in [-0.3, -0.25) is 4.79 Å². The molecule has 2 atom stereocenters. The highest BCUT2D eigenvalue weighted by Gasteiger charge is 2.38. The first-order valence-corrected chi connectivity index (χ1v) is 13.1. The molecule has 0 unspecified atom stereocenters. The number of nitrogens with zero attached hydrogens (tertiary/aromatic N) is 3. The average molecular weight is 464 g/mol. The Labute approximate surface area is 187 Å². The molecular weight excluding hydrogens is 434 g/mol. The number of carbonyl (C=O) groups excluding carboxylic acids is 1. The predicted molar refractivity (Wildman–Crippen MR) is 121 cm³/mol. The minimum absolute atomic E-state index is 0.0892. The minimum Gasteiger partial charge on any atom is -0.355 e. The standard InChI is InChI=1S/C22H29N3O4S2/c1-16-6-3-11-24(14-16)22(26)18-7-4-12-25(15-18)31(27,28)21-17(2)23-29-20(21)10-9-19-8-5-13-30-19/h5,8-10,13,16,18H,3-4,6-7,11-12,14-15H2,1-2H3/b10-9+/t16-,18-/m0/s1. The van der Waals surface area contributed by atoms with Gasteiger partial charge in [0.15, 0.2) is 10.7 Å². The van der Waals surface area contributed by atoms with Crippen LogP contribution in [0.3, 0.4) is 0 Å². The Morgan fingerprint density at radius 2 is 2.03 bits per heavy atom. The summed E-state index contributed by atoms with van der Waals surface area (Å²) >= 11 is 1.56. The molecule has 0 radical (unpaired) electrons. The van der Waals surface area contributed by atoms with Crippen molar-refractivity contribution in [2.24, 2.45) is 11.8 Å². The fourth-order valence-corrected chi connectivity index (χ4v) is 6.87. The van der Waals surface area contributed by atoms with Crippen LogP contribution in [0.15, 0.2) is 26.9 Å². The van der Waals surface area contributed by atoms with Gasteiger partial charge in [0.25, 0.3) is 0 Å². The number of amides is 1. The van der Waals surface area contributed by atoms with E-state index in [1.165, 1.54) is 4.31 Å². The number of piperidine rings is 2. The fraction of sp³-hybridized carbons (Fsp3) is 0.545. The topological polar surface area (TPSA) is 83.7 Å². The van der Waals surface area contributed by atoms with Crippen LogP contribution in [-0.4, -0.2) is 54.9 Å². The van der Waals surface area contributed by atoms with E-state index in [0.29, 0.717) is 24.6 Å². The van der Waals surface area contributed by atoms with Crippen LogP contribution >= 0.6 is 11.3 Å². The van der Waals surface area contributed by atoms with Gasteiger partial charge < -0.3 is 9.42 Å². The summed E-state index contributed by atoms with van der Waals surface area (Å²) in [7, 11) is -3.82. The lowest BCUT2D eigenvalue weighted by Gasteiger charge is -2.37. The zero-order chi connectivity index (χ0) is 22.0. The van der Waals surface area contributed by atoms with Crippen molar-refractivity contribution in [1.82, 2.24) is 14.4 Å². The zero-order valence-corrected chi connectivity index (χ0v) is 19.6.